The molecule has 21 heavy (non-hydrogen) atoms. The van der Waals surface area contributed by atoms with Crippen LogP contribution in [0.2, 0.25) is 0 Å². The predicted molar refractivity (Wildman–Crippen MR) is 87.3 cm³/mol. The summed E-state index contributed by atoms with van der Waals surface area (Å²) in [6, 6.07) is 9.78. The molecule has 0 radical (unpaired) electrons. The summed E-state index contributed by atoms with van der Waals surface area (Å²) < 4.78 is 26.8. The highest BCUT2D eigenvalue weighted by molar-refractivity contribution is 7.84. The monoisotopic (exact) mass is 313 g/mol. The molecule has 0 aliphatic carbocycles. The Morgan fingerprint density at radius 2 is 1.57 bits per heavy atom. The third-order valence-electron chi connectivity index (χ3n) is 2.96. The minimum absolute atomic E-state index is 0.332. The Morgan fingerprint density at radius 1 is 1.05 bits per heavy atom. The van der Waals surface area contributed by atoms with Crippen LogP contribution in [-0.4, -0.2) is 28.7 Å². The van der Waals surface area contributed by atoms with Gasteiger partial charge >= 0.3 is 0 Å². The molecule has 1 aromatic carbocycles. The molecule has 1 atom stereocenters. The van der Waals surface area contributed by atoms with E-state index in [2.05, 4.69) is 4.72 Å². The first-order valence-corrected chi connectivity index (χ1v) is 8.49. The van der Waals surface area contributed by atoms with Gasteiger partial charge in [-0.05, 0) is 34.6 Å². The Kier molecular flexibility index (Phi) is 7.00. The molecule has 120 valence electrons. The second-order valence-corrected chi connectivity index (χ2v) is 7.74. The van der Waals surface area contributed by atoms with Gasteiger partial charge in [-0.2, -0.15) is 0 Å². The molecular formula is C16H27NO3S. The van der Waals surface area contributed by atoms with Gasteiger partial charge in [0.1, 0.15) is 0 Å². The van der Waals surface area contributed by atoms with Gasteiger partial charge in [-0.1, -0.05) is 30.3 Å². The van der Waals surface area contributed by atoms with Crippen molar-refractivity contribution in [3.8, 4) is 0 Å². The van der Waals surface area contributed by atoms with Crippen molar-refractivity contribution < 1.29 is 13.7 Å². The third-order valence-corrected chi connectivity index (χ3v) is 4.48. The summed E-state index contributed by atoms with van der Waals surface area (Å²) in [6.45, 7) is 11.0. The molecule has 4 nitrogen and oxygen atoms in total. The van der Waals surface area contributed by atoms with Crippen LogP contribution in [0.15, 0.2) is 30.3 Å². The normalized spacial score (nSPS) is 14.1. The van der Waals surface area contributed by atoms with E-state index in [0.29, 0.717) is 19.8 Å². The fourth-order valence-electron chi connectivity index (χ4n) is 1.95. The summed E-state index contributed by atoms with van der Waals surface area (Å²) in [6.07, 6.45) is 0. The van der Waals surface area contributed by atoms with Gasteiger partial charge in [0.2, 0.25) is 5.79 Å². The van der Waals surface area contributed by atoms with Crippen molar-refractivity contribution in [2.45, 2.75) is 45.2 Å². The van der Waals surface area contributed by atoms with Crippen LogP contribution in [0.3, 0.4) is 0 Å². The predicted octanol–water partition coefficient (Wildman–Crippen LogP) is 2.96. The molecule has 1 aromatic rings. The zero-order valence-corrected chi connectivity index (χ0v) is 14.5. The molecule has 0 saturated carbocycles. The smallest absolute Gasteiger partial charge is 0.208 e. The average Bonchev–Trinajstić information content (AvgIpc) is 2.44. The molecule has 0 aliphatic rings. The lowest BCUT2D eigenvalue weighted by Crippen LogP contribution is -2.46. The van der Waals surface area contributed by atoms with E-state index < -0.39 is 16.8 Å². The average molecular weight is 313 g/mol. The Bertz CT molecular complexity index is 437. The van der Waals surface area contributed by atoms with Crippen molar-refractivity contribution in [3.63, 3.8) is 0 Å². The van der Waals surface area contributed by atoms with E-state index in [0.717, 1.165) is 5.56 Å². The van der Waals surface area contributed by atoms with E-state index >= 15 is 0 Å². The van der Waals surface area contributed by atoms with Crippen LogP contribution in [0.4, 0.5) is 0 Å². The zero-order valence-electron chi connectivity index (χ0n) is 13.6. The fraction of sp³-hybridized carbons (Fsp3) is 0.625. The molecule has 0 aromatic heterocycles. The summed E-state index contributed by atoms with van der Waals surface area (Å²) in [7, 11) is -1.17. The molecule has 5 heteroatoms. The topological polar surface area (TPSA) is 47.6 Å². The van der Waals surface area contributed by atoms with Crippen LogP contribution in [0, 0.1) is 0 Å². The lowest BCUT2D eigenvalue weighted by molar-refractivity contribution is -0.237. The third kappa shape index (κ3) is 5.18. The summed E-state index contributed by atoms with van der Waals surface area (Å²) in [5.41, 5.74) is 0.923. The van der Waals surface area contributed by atoms with E-state index in [-0.39, 0.29) is 4.75 Å². The highest BCUT2D eigenvalue weighted by Gasteiger charge is 2.35. The van der Waals surface area contributed by atoms with Gasteiger partial charge in [-0.25, -0.2) is 8.93 Å². The van der Waals surface area contributed by atoms with Gasteiger partial charge in [0.05, 0.1) is 22.3 Å². The Morgan fingerprint density at radius 3 is 2.00 bits per heavy atom. The standard InChI is InChI=1S/C16H27NO3S/c1-6-19-16(20-7-2,14-11-9-8-10-12-14)13-17-21(18)15(3,4)5/h8-12,17H,6-7,13H2,1-5H3/t21-/m1/s1. The number of hydrogen-bond acceptors (Lipinski definition) is 3. The van der Waals surface area contributed by atoms with E-state index in [4.69, 9.17) is 9.47 Å². The maximum absolute atomic E-state index is 12.2. The molecule has 0 aliphatic heterocycles. The maximum Gasteiger partial charge on any atom is 0.208 e. The molecule has 0 amide bonds. The summed E-state index contributed by atoms with van der Waals surface area (Å²) in [5.74, 6) is -0.911. The van der Waals surface area contributed by atoms with E-state index in [9.17, 15) is 4.21 Å². The largest absolute Gasteiger partial charge is 0.345 e. The van der Waals surface area contributed by atoms with E-state index in [1.807, 2.05) is 65.0 Å². The molecule has 1 rings (SSSR count). The second kappa shape index (κ2) is 8.03. The quantitative estimate of drug-likeness (QED) is 0.751. The highest BCUT2D eigenvalue weighted by Crippen LogP contribution is 2.27. The number of benzene rings is 1. The fourth-order valence-corrected chi connectivity index (χ4v) is 2.70. The number of rotatable bonds is 8. The van der Waals surface area contributed by atoms with Gasteiger partial charge < -0.3 is 9.47 Å². The Labute approximate surface area is 130 Å². The second-order valence-electron chi connectivity index (χ2n) is 5.69. The van der Waals surface area contributed by atoms with Crippen LogP contribution in [0.25, 0.3) is 0 Å². The molecule has 0 fully saturated rings. The van der Waals surface area contributed by atoms with E-state index in [1.165, 1.54) is 0 Å². The van der Waals surface area contributed by atoms with Crippen molar-refractivity contribution in [2.75, 3.05) is 19.8 Å². The van der Waals surface area contributed by atoms with Crippen molar-refractivity contribution in [3.05, 3.63) is 35.9 Å². The SMILES string of the molecule is CCOC(CN[S@](=O)C(C)(C)C)(OCC)c1ccccc1. The lowest BCUT2D eigenvalue weighted by atomic mass is 10.1. The van der Waals surface area contributed by atoms with Gasteiger partial charge in [0.15, 0.2) is 0 Å². The number of hydrogen-bond donors (Lipinski definition) is 1. The zero-order chi connectivity index (χ0) is 15.9. The van der Waals surface area contributed by atoms with E-state index in [1.54, 1.807) is 0 Å². The van der Waals surface area contributed by atoms with Crippen molar-refractivity contribution >= 4 is 11.0 Å². The van der Waals surface area contributed by atoms with Gasteiger partial charge in [-0.15, -0.1) is 0 Å². The molecule has 1 N–H and O–H groups in total. The summed E-state index contributed by atoms with van der Waals surface area (Å²) in [4.78, 5) is 0. The molecule has 0 heterocycles. The Hall–Kier alpha value is -0.750. The first kappa shape index (κ1) is 18.3. The summed E-state index contributed by atoms with van der Waals surface area (Å²) >= 11 is 0. The van der Waals surface area contributed by atoms with Crippen molar-refractivity contribution in [1.82, 2.24) is 4.72 Å². The summed E-state index contributed by atoms with van der Waals surface area (Å²) in [5, 5.41) is 0. The minimum atomic E-state index is -1.17. The number of ether oxygens (including phenoxy) is 2. The molecule has 0 bridgehead atoms. The molecular weight excluding hydrogens is 286 g/mol. The van der Waals surface area contributed by atoms with Crippen LogP contribution >= 0.6 is 0 Å². The molecule has 0 spiro atoms. The van der Waals surface area contributed by atoms with Crippen LogP contribution < -0.4 is 4.72 Å². The maximum atomic E-state index is 12.2. The molecule has 0 saturated heterocycles. The van der Waals surface area contributed by atoms with Gasteiger partial charge in [-0.3, -0.25) is 0 Å². The van der Waals surface area contributed by atoms with Crippen LogP contribution in [-0.2, 0) is 26.2 Å². The number of nitrogens with one attached hydrogen (secondary N) is 1. The molecule has 0 unspecified atom stereocenters. The highest BCUT2D eigenvalue weighted by atomic mass is 32.2. The lowest BCUT2D eigenvalue weighted by Gasteiger charge is -2.34. The van der Waals surface area contributed by atoms with Crippen LogP contribution in [0.1, 0.15) is 40.2 Å². The van der Waals surface area contributed by atoms with Gasteiger partial charge in [0, 0.05) is 18.8 Å². The first-order chi connectivity index (χ1) is 9.85. The first-order valence-electron chi connectivity index (χ1n) is 7.34. The van der Waals surface area contributed by atoms with Gasteiger partial charge in [0.25, 0.3) is 0 Å². The minimum Gasteiger partial charge on any atom is -0.345 e. The van der Waals surface area contributed by atoms with Crippen molar-refractivity contribution in [2.24, 2.45) is 0 Å². The van der Waals surface area contributed by atoms with Crippen LogP contribution in [0.5, 0.6) is 0 Å². The van der Waals surface area contributed by atoms with Crippen molar-refractivity contribution in [1.29, 1.82) is 0 Å². The Balaban J connectivity index is 2.99.